The van der Waals surface area contributed by atoms with Crippen LogP contribution in [0, 0.1) is 22.7 Å². The zero-order valence-corrected chi connectivity index (χ0v) is 11.6. The second-order valence-corrected chi connectivity index (χ2v) is 5.44. The highest BCUT2D eigenvalue weighted by Crippen LogP contribution is 2.28. The van der Waals surface area contributed by atoms with Crippen LogP contribution in [0.3, 0.4) is 0 Å². The average Bonchev–Trinajstić information content (AvgIpc) is 2.43. The number of anilines is 1. The standard InChI is InChI=1S/C15H16N4O/c1-15(2)10-18-13(7-8-16)14(20)19(15)12-5-3-11(9-17)4-6-12/h3-6,13,18H,7,10H2,1-2H3. The van der Waals surface area contributed by atoms with Crippen molar-refractivity contribution in [1.82, 2.24) is 5.32 Å². The first-order valence-electron chi connectivity index (χ1n) is 6.44. The van der Waals surface area contributed by atoms with Crippen molar-refractivity contribution in [2.75, 3.05) is 11.4 Å². The van der Waals surface area contributed by atoms with Gasteiger partial charge in [-0.05, 0) is 38.1 Å². The van der Waals surface area contributed by atoms with Gasteiger partial charge in [-0.2, -0.15) is 10.5 Å². The Bertz CT molecular complexity index is 592. The summed E-state index contributed by atoms with van der Waals surface area (Å²) < 4.78 is 0. The molecule has 1 fully saturated rings. The number of hydrogen-bond acceptors (Lipinski definition) is 4. The number of nitrogens with zero attached hydrogens (tertiary/aromatic N) is 3. The van der Waals surface area contributed by atoms with Gasteiger partial charge < -0.3 is 10.2 Å². The molecule has 1 aliphatic heterocycles. The highest BCUT2D eigenvalue weighted by atomic mass is 16.2. The number of piperazine rings is 1. The van der Waals surface area contributed by atoms with Gasteiger partial charge in [-0.15, -0.1) is 0 Å². The fraction of sp³-hybridized carbons (Fsp3) is 0.400. The van der Waals surface area contributed by atoms with E-state index in [4.69, 9.17) is 10.5 Å². The lowest BCUT2D eigenvalue weighted by Gasteiger charge is -2.45. The van der Waals surface area contributed by atoms with Gasteiger partial charge in [-0.3, -0.25) is 4.79 Å². The van der Waals surface area contributed by atoms with Crippen LogP contribution in [0.4, 0.5) is 5.69 Å². The number of nitrogens with one attached hydrogen (secondary N) is 1. The predicted molar refractivity (Wildman–Crippen MR) is 74.7 cm³/mol. The molecule has 0 spiro atoms. The van der Waals surface area contributed by atoms with E-state index in [0.29, 0.717) is 12.1 Å². The summed E-state index contributed by atoms with van der Waals surface area (Å²) in [6.07, 6.45) is 0.154. The Morgan fingerprint density at radius 2 is 2.00 bits per heavy atom. The second kappa shape index (κ2) is 5.32. The summed E-state index contributed by atoms with van der Waals surface area (Å²) in [6.45, 7) is 4.56. The minimum absolute atomic E-state index is 0.104. The first-order chi connectivity index (χ1) is 9.49. The maximum absolute atomic E-state index is 12.5. The molecule has 0 bridgehead atoms. The molecule has 1 atom stereocenters. The van der Waals surface area contributed by atoms with Gasteiger partial charge in [0.15, 0.2) is 0 Å². The first-order valence-corrected chi connectivity index (χ1v) is 6.44. The van der Waals surface area contributed by atoms with Crippen molar-refractivity contribution >= 4 is 11.6 Å². The Hall–Kier alpha value is -2.37. The maximum atomic E-state index is 12.5. The van der Waals surface area contributed by atoms with Crippen LogP contribution in [0.15, 0.2) is 24.3 Å². The molecule has 1 aromatic rings. The van der Waals surface area contributed by atoms with E-state index in [-0.39, 0.29) is 17.9 Å². The molecular formula is C15H16N4O. The molecule has 1 N–H and O–H groups in total. The first kappa shape index (κ1) is 14.0. The van der Waals surface area contributed by atoms with Crippen molar-refractivity contribution in [3.63, 3.8) is 0 Å². The van der Waals surface area contributed by atoms with E-state index in [2.05, 4.69) is 11.4 Å². The maximum Gasteiger partial charge on any atom is 0.245 e. The molecule has 0 radical (unpaired) electrons. The van der Waals surface area contributed by atoms with Crippen molar-refractivity contribution < 1.29 is 4.79 Å². The number of hydrogen-bond donors (Lipinski definition) is 1. The summed E-state index contributed by atoms with van der Waals surface area (Å²) in [4.78, 5) is 14.2. The van der Waals surface area contributed by atoms with Crippen molar-refractivity contribution in [2.45, 2.75) is 31.8 Å². The third-order valence-electron chi connectivity index (χ3n) is 3.45. The normalized spacial score (nSPS) is 21.1. The Kier molecular flexibility index (Phi) is 3.74. The largest absolute Gasteiger partial charge is 0.304 e. The summed E-state index contributed by atoms with van der Waals surface area (Å²) in [5, 5.41) is 20.7. The Morgan fingerprint density at radius 1 is 1.35 bits per heavy atom. The van der Waals surface area contributed by atoms with Crippen LogP contribution >= 0.6 is 0 Å². The molecule has 1 saturated heterocycles. The van der Waals surface area contributed by atoms with Crippen molar-refractivity contribution in [3.05, 3.63) is 29.8 Å². The minimum atomic E-state index is -0.469. The molecule has 1 heterocycles. The van der Waals surface area contributed by atoms with Gasteiger partial charge in [-0.1, -0.05) is 0 Å². The van der Waals surface area contributed by atoms with Crippen molar-refractivity contribution in [3.8, 4) is 12.1 Å². The lowest BCUT2D eigenvalue weighted by molar-refractivity contribution is -0.123. The Morgan fingerprint density at radius 3 is 2.55 bits per heavy atom. The average molecular weight is 268 g/mol. The quantitative estimate of drug-likeness (QED) is 0.882. The summed E-state index contributed by atoms with van der Waals surface area (Å²) in [7, 11) is 0. The van der Waals surface area contributed by atoms with Gasteiger partial charge in [0.2, 0.25) is 5.91 Å². The summed E-state index contributed by atoms with van der Waals surface area (Å²) in [5.41, 5.74) is 0.933. The molecule has 1 aliphatic rings. The Labute approximate surface area is 118 Å². The molecule has 5 nitrogen and oxygen atoms in total. The zero-order valence-electron chi connectivity index (χ0n) is 11.6. The molecule has 0 aliphatic carbocycles. The van der Waals surface area contributed by atoms with Gasteiger partial charge in [0.1, 0.15) is 6.04 Å². The SMILES string of the molecule is CC1(C)CNC(CC#N)C(=O)N1c1ccc(C#N)cc1. The predicted octanol–water partition coefficient (Wildman–Crippen LogP) is 1.56. The lowest BCUT2D eigenvalue weighted by Crippen LogP contribution is -2.65. The molecule has 20 heavy (non-hydrogen) atoms. The number of rotatable bonds is 2. The highest BCUT2D eigenvalue weighted by molar-refractivity contribution is 5.99. The molecule has 2 rings (SSSR count). The summed E-state index contributed by atoms with van der Waals surface area (Å²) >= 11 is 0. The molecule has 1 aromatic carbocycles. The third kappa shape index (κ3) is 2.49. The van der Waals surface area contributed by atoms with Crippen molar-refractivity contribution in [2.24, 2.45) is 0 Å². The molecule has 102 valence electrons. The molecule has 1 amide bonds. The van der Waals surface area contributed by atoms with Crippen LogP contribution < -0.4 is 10.2 Å². The van der Waals surface area contributed by atoms with Gasteiger partial charge >= 0.3 is 0 Å². The van der Waals surface area contributed by atoms with E-state index in [1.165, 1.54) is 0 Å². The highest BCUT2D eigenvalue weighted by Gasteiger charge is 2.40. The van der Waals surface area contributed by atoms with Crippen LogP contribution in [0.25, 0.3) is 0 Å². The van der Waals surface area contributed by atoms with Crippen LogP contribution in [0.2, 0.25) is 0 Å². The van der Waals surface area contributed by atoms with Crippen LogP contribution in [-0.2, 0) is 4.79 Å². The lowest BCUT2D eigenvalue weighted by atomic mass is 9.94. The number of carbonyl (C=O) groups excluding carboxylic acids is 1. The number of benzene rings is 1. The van der Waals surface area contributed by atoms with E-state index in [9.17, 15) is 4.79 Å². The van der Waals surface area contributed by atoms with E-state index in [1.807, 2.05) is 19.9 Å². The zero-order chi connectivity index (χ0) is 14.8. The molecule has 1 unspecified atom stereocenters. The number of nitriles is 2. The topological polar surface area (TPSA) is 79.9 Å². The third-order valence-corrected chi connectivity index (χ3v) is 3.45. The van der Waals surface area contributed by atoms with E-state index in [0.717, 1.165) is 5.69 Å². The smallest absolute Gasteiger partial charge is 0.245 e. The molecule has 0 saturated carbocycles. The monoisotopic (exact) mass is 268 g/mol. The van der Waals surface area contributed by atoms with Crippen LogP contribution in [0.1, 0.15) is 25.8 Å². The van der Waals surface area contributed by atoms with Gasteiger partial charge in [0, 0.05) is 12.2 Å². The number of amides is 1. The summed E-state index contributed by atoms with van der Waals surface area (Å²) in [6, 6.07) is 10.6. The Balaban J connectivity index is 2.36. The minimum Gasteiger partial charge on any atom is -0.304 e. The fourth-order valence-corrected chi connectivity index (χ4v) is 2.41. The van der Waals surface area contributed by atoms with E-state index < -0.39 is 6.04 Å². The molecule has 0 aromatic heterocycles. The fourth-order valence-electron chi connectivity index (χ4n) is 2.41. The molecule has 5 heteroatoms. The molecular weight excluding hydrogens is 252 g/mol. The van der Waals surface area contributed by atoms with Gasteiger partial charge in [0.05, 0.1) is 29.7 Å². The van der Waals surface area contributed by atoms with Gasteiger partial charge in [0.25, 0.3) is 0 Å². The second-order valence-electron chi connectivity index (χ2n) is 5.44. The van der Waals surface area contributed by atoms with Crippen LogP contribution in [-0.4, -0.2) is 24.0 Å². The van der Waals surface area contributed by atoms with E-state index in [1.54, 1.807) is 29.2 Å². The van der Waals surface area contributed by atoms with E-state index >= 15 is 0 Å². The van der Waals surface area contributed by atoms with Gasteiger partial charge in [-0.25, -0.2) is 0 Å². The van der Waals surface area contributed by atoms with Crippen LogP contribution in [0.5, 0.6) is 0 Å². The number of carbonyl (C=O) groups is 1. The summed E-state index contributed by atoms with van der Waals surface area (Å²) in [5.74, 6) is -0.104. The van der Waals surface area contributed by atoms with Crippen molar-refractivity contribution in [1.29, 1.82) is 10.5 Å².